The second-order valence-corrected chi connectivity index (χ2v) is 7.16. The van der Waals surface area contributed by atoms with Gasteiger partial charge < -0.3 is 15.0 Å². The van der Waals surface area contributed by atoms with Gasteiger partial charge in [-0.3, -0.25) is 15.3 Å². The van der Waals surface area contributed by atoms with E-state index in [1.165, 1.54) is 6.20 Å². The van der Waals surface area contributed by atoms with Gasteiger partial charge in [0.05, 0.1) is 24.1 Å². The van der Waals surface area contributed by atoms with Crippen molar-refractivity contribution >= 4 is 17.8 Å². The van der Waals surface area contributed by atoms with Crippen LogP contribution < -0.4 is 10.6 Å². The monoisotopic (exact) mass is 457 g/mol. The number of esters is 1. The Kier molecular flexibility index (Phi) is 6.87. The molecule has 10 heteroatoms. The van der Waals surface area contributed by atoms with Crippen molar-refractivity contribution in [1.82, 2.24) is 30.2 Å². The number of anilines is 1. The number of aromatic nitrogens is 5. The van der Waals surface area contributed by atoms with E-state index in [1.54, 1.807) is 50.0 Å². The number of ether oxygens (including phenoxy) is 1. The van der Waals surface area contributed by atoms with Gasteiger partial charge in [0.25, 0.3) is 0 Å². The quantitative estimate of drug-likeness (QED) is 0.358. The smallest absolute Gasteiger partial charge is 0.339 e. The first kappa shape index (κ1) is 22.6. The molecule has 34 heavy (non-hydrogen) atoms. The Hall–Kier alpha value is -4.60. The van der Waals surface area contributed by atoms with Gasteiger partial charge in [-0.15, -0.1) is 0 Å². The minimum Gasteiger partial charge on any atom is -0.462 e. The Morgan fingerprint density at radius 3 is 2.53 bits per heavy atom. The van der Waals surface area contributed by atoms with Crippen LogP contribution in [-0.2, 0) is 4.74 Å². The Morgan fingerprint density at radius 1 is 0.941 bits per heavy atom. The molecular weight excluding hydrogens is 434 g/mol. The first-order valence-corrected chi connectivity index (χ1v) is 10.7. The molecule has 0 aromatic carbocycles. The van der Waals surface area contributed by atoms with Gasteiger partial charge in [-0.25, -0.2) is 19.6 Å². The largest absolute Gasteiger partial charge is 0.462 e. The number of urea groups is 1. The van der Waals surface area contributed by atoms with E-state index in [0.29, 0.717) is 40.4 Å². The van der Waals surface area contributed by atoms with Crippen LogP contribution in [0.25, 0.3) is 33.8 Å². The number of nitrogens with one attached hydrogen (secondary N) is 3. The standard InChI is InChI=1S/C24H23N7O3/c1-3-27-24(33)31-21-10-18(22-29-14-20(30-22)15-5-7-25-8-6-15)19(13-28-21)16-9-17(12-26-11-16)23(32)34-4-2/h5-14H,3-4H2,1-2H3,(H,29,30)(H2,27,28,31,33). The zero-order valence-corrected chi connectivity index (χ0v) is 18.7. The van der Waals surface area contributed by atoms with Crippen LogP contribution in [-0.4, -0.2) is 50.1 Å². The lowest BCUT2D eigenvalue weighted by Gasteiger charge is -2.12. The average Bonchev–Trinajstić information content (AvgIpc) is 3.35. The van der Waals surface area contributed by atoms with E-state index in [1.807, 2.05) is 19.1 Å². The third kappa shape index (κ3) is 5.07. The summed E-state index contributed by atoms with van der Waals surface area (Å²) in [5.41, 5.74) is 4.06. The number of pyridine rings is 3. The summed E-state index contributed by atoms with van der Waals surface area (Å²) in [6.07, 6.45) is 9.82. The van der Waals surface area contributed by atoms with E-state index in [0.717, 1.165) is 11.3 Å². The predicted molar refractivity (Wildman–Crippen MR) is 127 cm³/mol. The van der Waals surface area contributed by atoms with E-state index in [4.69, 9.17) is 4.74 Å². The summed E-state index contributed by atoms with van der Waals surface area (Å²) < 4.78 is 5.10. The summed E-state index contributed by atoms with van der Waals surface area (Å²) in [4.78, 5) is 44.7. The number of H-pyrrole nitrogens is 1. The molecule has 0 saturated heterocycles. The maximum atomic E-state index is 12.2. The minimum absolute atomic E-state index is 0.264. The summed E-state index contributed by atoms with van der Waals surface area (Å²) in [5.74, 6) is 0.449. The number of amides is 2. The molecule has 0 aliphatic heterocycles. The van der Waals surface area contributed by atoms with Gasteiger partial charge in [0, 0.05) is 59.8 Å². The Labute approximate surface area is 195 Å². The SMILES string of the molecule is CCNC(=O)Nc1cc(-c2ncc(-c3ccncc3)[nH]2)c(-c2cncc(C(=O)OCC)c2)cn1. The van der Waals surface area contributed by atoms with Crippen LogP contribution in [0.1, 0.15) is 24.2 Å². The van der Waals surface area contributed by atoms with E-state index >= 15 is 0 Å². The average molecular weight is 457 g/mol. The van der Waals surface area contributed by atoms with Crippen molar-refractivity contribution < 1.29 is 14.3 Å². The van der Waals surface area contributed by atoms with Crippen LogP contribution in [0, 0.1) is 0 Å². The van der Waals surface area contributed by atoms with Crippen LogP contribution in [0.3, 0.4) is 0 Å². The molecule has 0 bridgehead atoms. The zero-order valence-electron chi connectivity index (χ0n) is 18.7. The molecule has 4 heterocycles. The Balaban J connectivity index is 1.78. The molecular formula is C24H23N7O3. The molecule has 0 fully saturated rings. The van der Waals surface area contributed by atoms with Crippen LogP contribution in [0.5, 0.6) is 0 Å². The highest BCUT2D eigenvalue weighted by molar-refractivity contribution is 5.93. The summed E-state index contributed by atoms with van der Waals surface area (Å²) in [6, 6.07) is 6.79. The number of imidazole rings is 1. The predicted octanol–water partition coefficient (Wildman–Crippen LogP) is 3.91. The van der Waals surface area contributed by atoms with Crippen molar-refractivity contribution in [3.63, 3.8) is 0 Å². The zero-order chi connectivity index (χ0) is 23.9. The summed E-state index contributed by atoms with van der Waals surface area (Å²) >= 11 is 0. The molecule has 0 spiro atoms. The topological polar surface area (TPSA) is 135 Å². The second kappa shape index (κ2) is 10.3. The fourth-order valence-electron chi connectivity index (χ4n) is 3.32. The van der Waals surface area contributed by atoms with Crippen molar-refractivity contribution in [2.24, 2.45) is 0 Å². The van der Waals surface area contributed by atoms with Crippen molar-refractivity contribution in [2.45, 2.75) is 13.8 Å². The third-order valence-corrected chi connectivity index (χ3v) is 4.87. The summed E-state index contributed by atoms with van der Waals surface area (Å²) in [5, 5.41) is 5.39. The molecule has 3 N–H and O–H groups in total. The van der Waals surface area contributed by atoms with Crippen LogP contribution in [0.4, 0.5) is 10.6 Å². The summed E-state index contributed by atoms with van der Waals surface area (Å²) in [7, 11) is 0. The van der Waals surface area contributed by atoms with Gasteiger partial charge in [0.1, 0.15) is 11.6 Å². The van der Waals surface area contributed by atoms with Gasteiger partial charge in [-0.1, -0.05) is 0 Å². The lowest BCUT2D eigenvalue weighted by Crippen LogP contribution is -2.28. The van der Waals surface area contributed by atoms with E-state index in [2.05, 4.69) is 35.6 Å². The number of hydrogen-bond acceptors (Lipinski definition) is 7. The first-order valence-electron chi connectivity index (χ1n) is 10.7. The van der Waals surface area contributed by atoms with E-state index < -0.39 is 5.97 Å². The molecule has 0 unspecified atom stereocenters. The number of rotatable bonds is 7. The van der Waals surface area contributed by atoms with Gasteiger partial charge >= 0.3 is 12.0 Å². The molecule has 172 valence electrons. The lowest BCUT2D eigenvalue weighted by atomic mass is 10.0. The highest BCUT2D eigenvalue weighted by Gasteiger charge is 2.17. The van der Waals surface area contributed by atoms with E-state index in [9.17, 15) is 9.59 Å². The van der Waals surface area contributed by atoms with Crippen LogP contribution >= 0.6 is 0 Å². The molecule has 10 nitrogen and oxygen atoms in total. The van der Waals surface area contributed by atoms with Gasteiger partial charge in [0.2, 0.25) is 0 Å². The second-order valence-electron chi connectivity index (χ2n) is 7.16. The maximum Gasteiger partial charge on any atom is 0.339 e. The van der Waals surface area contributed by atoms with Crippen molar-refractivity contribution in [3.8, 4) is 33.8 Å². The maximum absolute atomic E-state index is 12.2. The molecule has 0 aliphatic rings. The molecule has 0 radical (unpaired) electrons. The lowest BCUT2D eigenvalue weighted by molar-refractivity contribution is 0.0526. The molecule has 4 rings (SSSR count). The normalized spacial score (nSPS) is 10.5. The Morgan fingerprint density at radius 2 is 1.76 bits per heavy atom. The number of nitrogens with zero attached hydrogens (tertiary/aromatic N) is 4. The number of aromatic amines is 1. The fourth-order valence-corrected chi connectivity index (χ4v) is 3.32. The van der Waals surface area contributed by atoms with E-state index in [-0.39, 0.29) is 12.6 Å². The molecule has 0 saturated carbocycles. The van der Waals surface area contributed by atoms with Crippen molar-refractivity contribution in [1.29, 1.82) is 0 Å². The fraction of sp³-hybridized carbons (Fsp3) is 0.167. The van der Waals surface area contributed by atoms with Crippen molar-refractivity contribution in [3.05, 3.63) is 67.0 Å². The van der Waals surface area contributed by atoms with Crippen LogP contribution in [0.2, 0.25) is 0 Å². The molecule has 4 aromatic heterocycles. The van der Waals surface area contributed by atoms with Gasteiger partial charge in [-0.05, 0) is 38.1 Å². The number of carbonyl (C=O) groups excluding carboxylic acids is 2. The van der Waals surface area contributed by atoms with Crippen LogP contribution in [0.15, 0.2) is 61.4 Å². The van der Waals surface area contributed by atoms with Gasteiger partial charge in [0.15, 0.2) is 0 Å². The highest BCUT2D eigenvalue weighted by Crippen LogP contribution is 2.33. The molecule has 4 aromatic rings. The third-order valence-electron chi connectivity index (χ3n) is 4.87. The molecule has 2 amide bonds. The highest BCUT2D eigenvalue weighted by atomic mass is 16.5. The number of hydrogen-bond donors (Lipinski definition) is 3. The summed E-state index contributed by atoms with van der Waals surface area (Å²) in [6.45, 7) is 4.32. The first-order chi connectivity index (χ1) is 16.6. The van der Waals surface area contributed by atoms with Crippen molar-refractivity contribution in [2.75, 3.05) is 18.5 Å². The molecule has 0 atom stereocenters. The minimum atomic E-state index is -0.459. The number of carbonyl (C=O) groups is 2. The Bertz CT molecular complexity index is 1300. The van der Waals surface area contributed by atoms with Gasteiger partial charge in [-0.2, -0.15) is 0 Å². The molecule has 0 aliphatic carbocycles.